The van der Waals surface area contributed by atoms with Gasteiger partial charge in [0.25, 0.3) is 0 Å². The van der Waals surface area contributed by atoms with Crippen LogP contribution in [0.5, 0.6) is 0 Å². The largest absolute Gasteiger partial charge is 0.673 e. The van der Waals surface area contributed by atoms with E-state index in [4.69, 9.17) is 0 Å². The molecule has 2 nitrogen and oxygen atoms in total. The van der Waals surface area contributed by atoms with Gasteiger partial charge in [-0.15, -0.1) is 0 Å². The Morgan fingerprint density at radius 1 is 1.31 bits per heavy atom. The van der Waals surface area contributed by atoms with Gasteiger partial charge < -0.3 is 17.3 Å². The molecule has 92 valence electrons. The van der Waals surface area contributed by atoms with Crippen molar-refractivity contribution >= 4 is 13.5 Å². The second kappa shape index (κ2) is 7.08. The monoisotopic (exact) mass is 238 g/mol. The Morgan fingerprint density at radius 3 is 2.25 bits per heavy atom. The van der Waals surface area contributed by atoms with Crippen molar-refractivity contribution in [1.82, 2.24) is 4.57 Å². The Bertz CT molecular complexity index is 314. The summed E-state index contributed by atoms with van der Waals surface area (Å²) in [6.07, 6.45) is 12.7. The molecule has 0 N–H and O–H groups in total. The summed E-state index contributed by atoms with van der Waals surface area (Å²) in [5, 5.41) is 0. The van der Waals surface area contributed by atoms with Crippen LogP contribution in [0.1, 0.15) is 19.8 Å². The van der Waals surface area contributed by atoms with Gasteiger partial charge in [-0.05, 0) is 12.5 Å². The molecular formula is C9H15BF4N2. The molecule has 0 aliphatic heterocycles. The highest BCUT2D eigenvalue weighted by atomic mass is 19.5. The van der Waals surface area contributed by atoms with Crippen LogP contribution in [0.25, 0.3) is 6.20 Å². The van der Waals surface area contributed by atoms with E-state index in [1.54, 1.807) is 0 Å². The van der Waals surface area contributed by atoms with Gasteiger partial charge in [-0.1, -0.05) is 13.3 Å². The van der Waals surface area contributed by atoms with E-state index in [2.05, 4.69) is 23.8 Å². The van der Waals surface area contributed by atoms with E-state index in [1.807, 2.05) is 30.3 Å². The minimum absolute atomic E-state index is 1.15. The first-order valence-electron chi connectivity index (χ1n) is 4.89. The average Bonchev–Trinajstić information content (AvgIpc) is 2.49. The summed E-state index contributed by atoms with van der Waals surface area (Å²) in [6.45, 7) is 2.18. The Kier molecular flexibility index (Phi) is 6.52. The van der Waals surface area contributed by atoms with Gasteiger partial charge in [-0.3, -0.25) is 0 Å². The first-order valence-corrected chi connectivity index (χ1v) is 4.89. The second-order valence-electron chi connectivity index (χ2n) is 3.19. The fourth-order valence-electron chi connectivity index (χ4n) is 0.921. The molecular weight excluding hydrogens is 223 g/mol. The van der Waals surface area contributed by atoms with Crippen LogP contribution in [0.4, 0.5) is 17.3 Å². The summed E-state index contributed by atoms with van der Waals surface area (Å²) in [6, 6.07) is 0. The maximum atomic E-state index is 9.75. The number of imidazole rings is 1. The zero-order chi connectivity index (χ0) is 12.6. The molecule has 0 saturated heterocycles. The van der Waals surface area contributed by atoms with Crippen LogP contribution < -0.4 is 4.57 Å². The second-order valence-corrected chi connectivity index (χ2v) is 3.19. The maximum absolute atomic E-state index is 9.75. The lowest BCUT2D eigenvalue weighted by atomic mass is 10.3. The fourth-order valence-corrected chi connectivity index (χ4v) is 0.921. The first kappa shape index (κ1) is 14.7. The molecule has 1 heterocycles. The van der Waals surface area contributed by atoms with Gasteiger partial charge in [0.05, 0.1) is 13.2 Å². The predicted molar refractivity (Wildman–Crippen MR) is 56.0 cm³/mol. The highest BCUT2D eigenvalue weighted by Crippen LogP contribution is 2.06. The van der Waals surface area contributed by atoms with Crippen molar-refractivity contribution in [3.05, 3.63) is 24.8 Å². The molecule has 0 fully saturated rings. The number of aromatic nitrogens is 2. The normalized spacial score (nSPS) is 11.4. The molecule has 0 atom stereocenters. The van der Waals surface area contributed by atoms with Crippen LogP contribution in [-0.4, -0.2) is 11.8 Å². The van der Waals surface area contributed by atoms with Crippen molar-refractivity contribution in [1.29, 1.82) is 0 Å². The quantitative estimate of drug-likeness (QED) is 0.435. The van der Waals surface area contributed by atoms with Gasteiger partial charge >= 0.3 is 7.25 Å². The predicted octanol–water partition coefficient (Wildman–Crippen LogP) is 2.88. The molecule has 0 amide bonds. The van der Waals surface area contributed by atoms with E-state index in [1.165, 1.54) is 6.42 Å². The molecule has 0 saturated carbocycles. The highest BCUT2D eigenvalue weighted by Gasteiger charge is 2.20. The van der Waals surface area contributed by atoms with Gasteiger partial charge in [0, 0.05) is 0 Å². The molecule has 1 aromatic rings. The van der Waals surface area contributed by atoms with E-state index in [0.29, 0.717) is 0 Å². The SMILES string of the molecule is CCCC=Cn1cc[n+](C)c1.F[B-](F)(F)F. The average molecular weight is 238 g/mol. The lowest BCUT2D eigenvalue weighted by Gasteiger charge is -1.94. The van der Waals surface area contributed by atoms with Gasteiger partial charge in [0.1, 0.15) is 12.4 Å². The highest BCUT2D eigenvalue weighted by molar-refractivity contribution is 6.50. The third-order valence-corrected chi connectivity index (χ3v) is 1.52. The number of hydrogen-bond donors (Lipinski definition) is 0. The van der Waals surface area contributed by atoms with Gasteiger partial charge in [-0.2, -0.15) is 0 Å². The number of nitrogens with zero attached hydrogens (tertiary/aromatic N) is 2. The van der Waals surface area contributed by atoms with Crippen LogP contribution >= 0.6 is 0 Å². The Morgan fingerprint density at radius 2 is 1.88 bits per heavy atom. The van der Waals surface area contributed by atoms with E-state index in [0.717, 1.165) is 6.42 Å². The molecule has 0 radical (unpaired) electrons. The molecule has 1 rings (SSSR count). The summed E-state index contributed by atoms with van der Waals surface area (Å²) in [5.41, 5.74) is 0. The zero-order valence-corrected chi connectivity index (χ0v) is 9.28. The third-order valence-electron chi connectivity index (χ3n) is 1.52. The molecule has 0 bridgehead atoms. The third kappa shape index (κ3) is 10.8. The summed E-state index contributed by atoms with van der Waals surface area (Å²) in [4.78, 5) is 0. The minimum atomic E-state index is -6.00. The fraction of sp³-hybridized carbons (Fsp3) is 0.444. The van der Waals surface area contributed by atoms with Gasteiger partial charge in [-0.25, -0.2) is 9.13 Å². The number of rotatable bonds is 3. The van der Waals surface area contributed by atoms with Crippen LogP contribution in [0, 0.1) is 0 Å². The molecule has 0 unspecified atom stereocenters. The number of allylic oxidation sites excluding steroid dienone is 1. The van der Waals surface area contributed by atoms with Crippen molar-refractivity contribution in [2.75, 3.05) is 0 Å². The Balaban J connectivity index is 0.000000385. The van der Waals surface area contributed by atoms with E-state index < -0.39 is 7.25 Å². The van der Waals surface area contributed by atoms with Crippen molar-refractivity contribution in [3.8, 4) is 0 Å². The summed E-state index contributed by atoms with van der Waals surface area (Å²) in [5.74, 6) is 0. The lowest BCUT2D eigenvalue weighted by molar-refractivity contribution is -0.670. The van der Waals surface area contributed by atoms with Gasteiger partial charge in [0.15, 0.2) is 0 Å². The standard InChI is InChI=1S/C9H15N2.BF4/c1-3-4-5-6-11-8-7-10(2)9-11;2-1(3,4)5/h5-9H,3-4H2,1-2H3;/q+1;-1. The molecule has 0 aromatic carbocycles. The van der Waals surface area contributed by atoms with Gasteiger partial charge in [0.2, 0.25) is 6.33 Å². The molecule has 16 heavy (non-hydrogen) atoms. The summed E-state index contributed by atoms with van der Waals surface area (Å²) < 4.78 is 43.1. The van der Waals surface area contributed by atoms with Crippen molar-refractivity contribution < 1.29 is 21.8 Å². The molecule has 1 aromatic heterocycles. The summed E-state index contributed by atoms with van der Waals surface area (Å²) in [7, 11) is -3.98. The van der Waals surface area contributed by atoms with Crippen LogP contribution in [0.15, 0.2) is 24.8 Å². The van der Waals surface area contributed by atoms with Crippen molar-refractivity contribution in [2.45, 2.75) is 19.8 Å². The smallest absolute Gasteiger partial charge is 0.418 e. The zero-order valence-electron chi connectivity index (χ0n) is 9.28. The summed E-state index contributed by atoms with van der Waals surface area (Å²) >= 11 is 0. The van der Waals surface area contributed by atoms with E-state index in [9.17, 15) is 17.3 Å². The van der Waals surface area contributed by atoms with E-state index >= 15 is 0 Å². The minimum Gasteiger partial charge on any atom is -0.418 e. The molecule has 0 spiro atoms. The van der Waals surface area contributed by atoms with Crippen LogP contribution in [0.2, 0.25) is 0 Å². The maximum Gasteiger partial charge on any atom is 0.673 e. The topological polar surface area (TPSA) is 8.81 Å². The number of unbranched alkanes of at least 4 members (excludes halogenated alkanes) is 1. The van der Waals surface area contributed by atoms with E-state index in [-0.39, 0.29) is 0 Å². The Hall–Kier alpha value is -1.27. The molecule has 7 heteroatoms. The number of halogens is 4. The van der Waals surface area contributed by atoms with Crippen LogP contribution in [0.3, 0.4) is 0 Å². The molecule has 0 aliphatic carbocycles. The van der Waals surface area contributed by atoms with Crippen LogP contribution in [-0.2, 0) is 7.05 Å². The number of hydrogen-bond acceptors (Lipinski definition) is 0. The molecule has 0 aliphatic rings. The number of aryl methyl sites for hydroxylation is 1. The Labute approximate surface area is 92.3 Å². The van der Waals surface area contributed by atoms with Crippen molar-refractivity contribution in [3.63, 3.8) is 0 Å². The van der Waals surface area contributed by atoms with Crippen molar-refractivity contribution in [2.24, 2.45) is 7.05 Å². The first-order chi connectivity index (χ1) is 7.33. The lowest BCUT2D eigenvalue weighted by Crippen LogP contribution is -2.23.